The Kier molecular flexibility index (Phi) is 5.96. The summed E-state index contributed by atoms with van der Waals surface area (Å²) < 4.78 is 27.1. The van der Waals surface area contributed by atoms with Gasteiger partial charge < -0.3 is 4.90 Å². The van der Waals surface area contributed by atoms with Gasteiger partial charge in [-0.15, -0.1) is 0 Å². The fourth-order valence-electron chi connectivity index (χ4n) is 3.64. The zero-order chi connectivity index (χ0) is 19.4. The number of aromatic nitrogens is 2. The molecule has 0 atom stereocenters. The van der Waals surface area contributed by atoms with Gasteiger partial charge in [0.2, 0.25) is 15.9 Å². The molecular weight excluding hydrogens is 364 g/mol. The highest BCUT2D eigenvalue weighted by molar-refractivity contribution is 7.88. The maximum atomic E-state index is 12.6. The molecule has 1 fully saturated rings. The lowest BCUT2D eigenvalue weighted by atomic mass is 10.0. The van der Waals surface area contributed by atoms with Crippen LogP contribution in [-0.4, -0.2) is 65.2 Å². The third-order valence-electron chi connectivity index (χ3n) is 5.02. The van der Waals surface area contributed by atoms with Crippen molar-refractivity contribution < 1.29 is 13.2 Å². The largest absolute Gasteiger partial charge is 0.342 e. The van der Waals surface area contributed by atoms with E-state index < -0.39 is 10.0 Å². The maximum absolute atomic E-state index is 12.6. The van der Waals surface area contributed by atoms with E-state index in [-0.39, 0.29) is 11.9 Å². The van der Waals surface area contributed by atoms with Gasteiger partial charge in [-0.2, -0.15) is 9.40 Å². The van der Waals surface area contributed by atoms with Gasteiger partial charge in [0.05, 0.1) is 18.4 Å². The maximum Gasteiger partial charge on any atom is 0.226 e. The van der Waals surface area contributed by atoms with Crippen LogP contribution in [-0.2, 0) is 21.2 Å². The van der Waals surface area contributed by atoms with Crippen LogP contribution < -0.4 is 0 Å². The molecule has 2 aromatic rings. The molecule has 1 aliphatic heterocycles. The van der Waals surface area contributed by atoms with E-state index >= 15 is 0 Å². The van der Waals surface area contributed by atoms with Crippen LogP contribution in [0.1, 0.15) is 25.3 Å². The van der Waals surface area contributed by atoms with Gasteiger partial charge in [0.15, 0.2) is 0 Å². The van der Waals surface area contributed by atoms with Crippen LogP contribution in [0.4, 0.5) is 0 Å². The van der Waals surface area contributed by atoms with Crippen molar-refractivity contribution in [2.75, 3.05) is 25.9 Å². The van der Waals surface area contributed by atoms with Crippen LogP contribution in [0, 0.1) is 0 Å². The predicted molar refractivity (Wildman–Crippen MR) is 104 cm³/mol. The lowest BCUT2D eigenvalue weighted by molar-refractivity contribution is -0.131. The van der Waals surface area contributed by atoms with E-state index in [9.17, 15) is 13.2 Å². The number of carbonyl (C=O) groups excluding carboxylic acids is 1. The third kappa shape index (κ3) is 4.75. The molecule has 146 valence electrons. The summed E-state index contributed by atoms with van der Waals surface area (Å²) in [6.45, 7) is 3.52. The molecule has 7 nitrogen and oxygen atoms in total. The first kappa shape index (κ1) is 19.6. The van der Waals surface area contributed by atoms with E-state index in [0.29, 0.717) is 38.9 Å². The Bertz CT molecular complexity index is 855. The lowest BCUT2D eigenvalue weighted by Crippen LogP contribution is -2.48. The van der Waals surface area contributed by atoms with Crippen molar-refractivity contribution in [3.8, 4) is 5.69 Å². The Balaban J connectivity index is 1.55. The molecule has 2 heterocycles. The fourth-order valence-corrected chi connectivity index (χ4v) is 4.86. The van der Waals surface area contributed by atoms with Crippen LogP contribution >= 0.6 is 0 Å². The number of sulfonamides is 1. The Morgan fingerprint density at radius 3 is 2.41 bits per heavy atom. The minimum absolute atomic E-state index is 0.0117. The third-order valence-corrected chi connectivity index (χ3v) is 6.43. The van der Waals surface area contributed by atoms with Crippen molar-refractivity contribution in [3.63, 3.8) is 0 Å². The van der Waals surface area contributed by atoms with Gasteiger partial charge in [-0.05, 0) is 36.6 Å². The predicted octanol–water partition coefficient (Wildman–Crippen LogP) is 1.69. The molecule has 1 saturated heterocycles. The second-order valence-corrected chi connectivity index (χ2v) is 8.81. The monoisotopic (exact) mass is 390 g/mol. The van der Waals surface area contributed by atoms with E-state index in [4.69, 9.17) is 0 Å². The van der Waals surface area contributed by atoms with Gasteiger partial charge in [-0.1, -0.05) is 19.1 Å². The average molecular weight is 391 g/mol. The fraction of sp³-hybridized carbons (Fsp3) is 0.474. The first-order chi connectivity index (χ1) is 12.9. The van der Waals surface area contributed by atoms with Gasteiger partial charge in [-0.25, -0.2) is 13.1 Å². The number of likely N-dealkylation sites (tertiary alicyclic amines) is 1. The molecule has 27 heavy (non-hydrogen) atoms. The normalized spacial score (nSPS) is 16.0. The molecule has 0 radical (unpaired) electrons. The summed E-state index contributed by atoms with van der Waals surface area (Å²) in [6.07, 6.45) is 6.58. The highest BCUT2D eigenvalue weighted by Gasteiger charge is 2.30. The quantitative estimate of drug-likeness (QED) is 0.752. The molecule has 1 amide bonds. The van der Waals surface area contributed by atoms with E-state index in [1.54, 1.807) is 15.2 Å². The highest BCUT2D eigenvalue weighted by atomic mass is 32.2. The SMILES string of the molecule is CCN(C1CCN(C(=O)Cc2ccc(-n3cccn3)cc2)CC1)S(C)(=O)=O. The van der Waals surface area contributed by atoms with Crippen molar-refractivity contribution >= 4 is 15.9 Å². The van der Waals surface area contributed by atoms with E-state index in [0.717, 1.165) is 11.3 Å². The number of piperidine rings is 1. The van der Waals surface area contributed by atoms with E-state index in [1.165, 1.54) is 6.26 Å². The molecule has 1 aliphatic rings. The molecule has 0 saturated carbocycles. The topological polar surface area (TPSA) is 75.5 Å². The van der Waals surface area contributed by atoms with Crippen LogP contribution in [0.3, 0.4) is 0 Å². The minimum atomic E-state index is -3.20. The van der Waals surface area contributed by atoms with Crippen LogP contribution in [0.15, 0.2) is 42.7 Å². The molecule has 0 spiro atoms. The van der Waals surface area contributed by atoms with Crippen molar-refractivity contribution in [3.05, 3.63) is 48.3 Å². The average Bonchev–Trinajstić information content (AvgIpc) is 3.17. The van der Waals surface area contributed by atoms with Gasteiger partial charge >= 0.3 is 0 Å². The number of amides is 1. The Morgan fingerprint density at radius 1 is 1.22 bits per heavy atom. The molecule has 1 aromatic heterocycles. The number of hydrogen-bond donors (Lipinski definition) is 0. The molecule has 0 N–H and O–H groups in total. The summed E-state index contributed by atoms with van der Waals surface area (Å²) in [5.41, 5.74) is 1.92. The number of rotatable bonds is 6. The molecule has 8 heteroatoms. The van der Waals surface area contributed by atoms with E-state index in [2.05, 4.69) is 5.10 Å². The minimum Gasteiger partial charge on any atom is -0.342 e. The molecule has 1 aromatic carbocycles. The van der Waals surface area contributed by atoms with Crippen molar-refractivity contribution in [2.24, 2.45) is 0 Å². The van der Waals surface area contributed by atoms with Crippen molar-refractivity contribution in [1.82, 2.24) is 19.0 Å². The number of carbonyl (C=O) groups is 1. The number of hydrogen-bond acceptors (Lipinski definition) is 4. The van der Waals surface area contributed by atoms with Crippen molar-refractivity contribution in [1.29, 1.82) is 0 Å². The summed E-state index contributed by atoms with van der Waals surface area (Å²) >= 11 is 0. The van der Waals surface area contributed by atoms with Gasteiger partial charge in [-0.3, -0.25) is 4.79 Å². The van der Waals surface area contributed by atoms with Gasteiger partial charge in [0, 0.05) is 38.1 Å². The molecular formula is C19H26N4O3S. The molecule has 3 rings (SSSR count). The Labute approximate surface area is 160 Å². The molecule has 0 bridgehead atoms. The van der Waals surface area contributed by atoms with Crippen molar-refractivity contribution in [2.45, 2.75) is 32.2 Å². The van der Waals surface area contributed by atoms with Gasteiger partial charge in [0.25, 0.3) is 0 Å². The molecule has 0 unspecified atom stereocenters. The first-order valence-electron chi connectivity index (χ1n) is 9.22. The second-order valence-electron chi connectivity index (χ2n) is 6.87. The number of nitrogens with zero attached hydrogens (tertiary/aromatic N) is 4. The van der Waals surface area contributed by atoms with Crippen LogP contribution in [0.5, 0.6) is 0 Å². The number of benzene rings is 1. The Morgan fingerprint density at radius 2 is 1.89 bits per heavy atom. The summed E-state index contributed by atoms with van der Waals surface area (Å²) in [5.74, 6) is 0.0858. The molecule has 0 aliphatic carbocycles. The first-order valence-corrected chi connectivity index (χ1v) is 11.1. The summed E-state index contributed by atoms with van der Waals surface area (Å²) in [6, 6.07) is 9.65. The lowest BCUT2D eigenvalue weighted by Gasteiger charge is -2.37. The summed E-state index contributed by atoms with van der Waals surface area (Å²) in [4.78, 5) is 14.4. The summed E-state index contributed by atoms with van der Waals surface area (Å²) in [5, 5.41) is 4.19. The second kappa shape index (κ2) is 8.22. The standard InChI is InChI=1S/C19H26N4O3S/c1-3-23(27(2,25)26)18-9-13-21(14-10-18)19(24)15-16-5-7-17(8-6-16)22-12-4-11-20-22/h4-8,11-12,18H,3,9-10,13-15H2,1-2H3. The van der Waals surface area contributed by atoms with Crippen LogP contribution in [0.2, 0.25) is 0 Å². The zero-order valence-corrected chi connectivity index (χ0v) is 16.6. The highest BCUT2D eigenvalue weighted by Crippen LogP contribution is 2.20. The summed E-state index contributed by atoms with van der Waals surface area (Å²) in [7, 11) is -3.20. The van der Waals surface area contributed by atoms with E-state index in [1.807, 2.05) is 48.4 Å². The van der Waals surface area contributed by atoms with Crippen LogP contribution in [0.25, 0.3) is 5.69 Å². The zero-order valence-electron chi connectivity index (χ0n) is 15.8. The smallest absolute Gasteiger partial charge is 0.226 e. The Hall–Kier alpha value is -2.19. The van der Waals surface area contributed by atoms with Gasteiger partial charge in [0.1, 0.15) is 0 Å².